The predicted octanol–water partition coefficient (Wildman–Crippen LogP) is 3.97. The number of hydrogen-bond donors (Lipinski definition) is 2. The molecule has 1 aliphatic carbocycles. The molecule has 0 radical (unpaired) electrons. The zero-order valence-electron chi connectivity index (χ0n) is 21.1. The molecule has 2 aromatic rings. The van der Waals surface area contributed by atoms with E-state index in [1.54, 1.807) is 6.92 Å². The van der Waals surface area contributed by atoms with E-state index in [2.05, 4.69) is 11.4 Å². The number of para-hydroxylation sites is 1. The second kappa shape index (κ2) is 9.26. The molecule has 2 unspecified atom stereocenters. The Kier molecular flexibility index (Phi) is 6.27. The fourth-order valence-electron chi connectivity index (χ4n) is 6.18. The molecule has 1 saturated heterocycles. The highest BCUT2D eigenvalue weighted by Gasteiger charge is 2.53. The van der Waals surface area contributed by atoms with Gasteiger partial charge in [0.1, 0.15) is 5.75 Å². The first kappa shape index (κ1) is 24.3. The maximum atomic E-state index is 13.1. The summed E-state index contributed by atoms with van der Waals surface area (Å²) >= 11 is 0. The molecule has 3 amide bonds. The summed E-state index contributed by atoms with van der Waals surface area (Å²) < 4.78 is 5.97. The molecule has 2 heterocycles. The van der Waals surface area contributed by atoms with E-state index in [1.807, 2.05) is 54.3 Å². The predicted molar refractivity (Wildman–Crippen MR) is 138 cm³/mol. The summed E-state index contributed by atoms with van der Waals surface area (Å²) in [7, 11) is 0. The van der Waals surface area contributed by atoms with Crippen molar-refractivity contribution in [3.8, 4) is 5.75 Å². The number of amides is 3. The van der Waals surface area contributed by atoms with Crippen LogP contribution in [0.2, 0.25) is 0 Å². The average Bonchev–Trinajstić information content (AvgIpc) is 3.66. The summed E-state index contributed by atoms with van der Waals surface area (Å²) in [5.41, 5.74) is 7.83. The van der Waals surface area contributed by atoms with Gasteiger partial charge in [0.15, 0.2) is 0 Å². The standard InChI is InChI=1S/C29H35N3O4/c1-19(33)32-15-11-21(12-16-32)28(2,27(30)35)20-7-9-22(10-8-20)31-26(34)17-24-23-5-3-4-6-25(23)36-18-29(24)13-14-29/h3-10,21,24H,11-18H2,1-2H3,(H2,30,35)(H,31,34). The second-order valence-corrected chi connectivity index (χ2v) is 10.9. The zero-order valence-corrected chi connectivity index (χ0v) is 21.1. The van der Waals surface area contributed by atoms with Gasteiger partial charge < -0.3 is 20.7 Å². The number of primary amides is 1. The van der Waals surface area contributed by atoms with E-state index >= 15 is 0 Å². The van der Waals surface area contributed by atoms with Crippen molar-refractivity contribution in [1.29, 1.82) is 0 Å². The van der Waals surface area contributed by atoms with Gasteiger partial charge in [-0.15, -0.1) is 0 Å². The maximum absolute atomic E-state index is 13.1. The number of likely N-dealkylation sites (tertiary alicyclic amines) is 1. The number of benzene rings is 2. The Morgan fingerprint density at radius 3 is 2.36 bits per heavy atom. The fraction of sp³-hybridized carbons (Fsp3) is 0.483. The number of carbonyl (C=O) groups excluding carboxylic acids is 3. The quantitative estimate of drug-likeness (QED) is 0.641. The second-order valence-electron chi connectivity index (χ2n) is 10.9. The molecule has 3 N–H and O–H groups in total. The number of hydrogen-bond acceptors (Lipinski definition) is 4. The van der Waals surface area contributed by atoms with Crippen molar-refractivity contribution in [2.75, 3.05) is 25.0 Å². The topological polar surface area (TPSA) is 102 Å². The van der Waals surface area contributed by atoms with Gasteiger partial charge in [0.05, 0.1) is 12.0 Å². The molecule has 7 heteroatoms. The lowest BCUT2D eigenvalue weighted by molar-refractivity contribution is -0.131. The Balaban J connectivity index is 1.27. The minimum absolute atomic E-state index is 0.0232. The van der Waals surface area contributed by atoms with Gasteiger partial charge in [-0.2, -0.15) is 0 Å². The number of piperidine rings is 1. The van der Waals surface area contributed by atoms with Crippen molar-refractivity contribution in [2.24, 2.45) is 17.1 Å². The fourth-order valence-corrected chi connectivity index (χ4v) is 6.18. The Labute approximate surface area is 212 Å². The summed E-state index contributed by atoms with van der Waals surface area (Å²) in [5, 5.41) is 3.05. The van der Waals surface area contributed by atoms with Crippen molar-refractivity contribution in [1.82, 2.24) is 4.90 Å². The molecular weight excluding hydrogens is 454 g/mol. The molecule has 2 aliphatic heterocycles. The van der Waals surface area contributed by atoms with Crippen LogP contribution in [0, 0.1) is 11.3 Å². The number of nitrogens with one attached hydrogen (secondary N) is 1. The third kappa shape index (κ3) is 4.36. The Bertz CT molecular complexity index is 1170. The minimum atomic E-state index is -0.838. The molecule has 36 heavy (non-hydrogen) atoms. The lowest BCUT2D eigenvalue weighted by Gasteiger charge is -2.41. The monoisotopic (exact) mass is 489 g/mol. The van der Waals surface area contributed by atoms with Crippen LogP contribution in [0.3, 0.4) is 0 Å². The van der Waals surface area contributed by atoms with Gasteiger partial charge in [-0.3, -0.25) is 14.4 Å². The highest BCUT2D eigenvalue weighted by atomic mass is 16.5. The molecule has 1 saturated carbocycles. The first-order valence-electron chi connectivity index (χ1n) is 12.9. The lowest BCUT2D eigenvalue weighted by Crippen LogP contribution is -2.49. The zero-order chi connectivity index (χ0) is 25.5. The van der Waals surface area contributed by atoms with Gasteiger partial charge in [0.25, 0.3) is 0 Å². The summed E-state index contributed by atoms with van der Waals surface area (Å²) in [6.45, 7) is 5.41. The SMILES string of the molecule is CC(=O)N1CCC(C(C)(C(N)=O)c2ccc(NC(=O)CC3c4ccccc4OCC34CC4)cc2)CC1. The van der Waals surface area contributed by atoms with E-state index in [4.69, 9.17) is 10.5 Å². The number of nitrogens with zero attached hydrogens (tertiary/aromatic N) is 1. The number of anilines is 1. The summed E-state index contributed by atoms with van der Waals surface area (Å²) in [6.07, 6.45) is 4.05. The number of fused-ring (bicyclic) bond motifs is 1. The van der Waals surface area contributed by atoms with E-state index in [1.165, 1.54) is 0 Å². The largest absolute Gasteiger partial charge is 0.493 e. The molecule has 1 spiro atoms. The summed E-state index contributed by atoms with van der Waals surface area (Å²) in [5.74, 6) is 0.761. The average molecular weight is 490 g/mol. The van der Waals surface area contributed by atoms with E-state index in [-0.39, 0.29) is 35.0 Å². The van der Waals surface area contributed by atoms with E-state index < -0.39 is 5.41 Å². The van der Waals surface area contributed by atoms with Crippen molar-refractivity contribution >= 4 is 23.4 Å². The molecule has 0 bridgehead atoms. The summed E-state index contributed by atoms with van der Waals surface area (Å²) in [4.78, 5) is 39.2. The third-order valence-corrected chi connectivity index (χ3v) is 8.87. The van der Waals surface area contributed by atoms with Crippen LogP contribution in [0.25, 0.3) is 0 Å². The van der Waals surface area contributed by atoms with Crippen LogP contribution in [0.15, 0.2) is 48.5 Å². The Hall–Kier alpha value is -3.35. The number of carbonyl (C=O) groups is 3. The van der Waals surface area contributed by atoms with Gasteiger partial charge in [-0.1, -0.05) is 30.3 Å². The lowest BCUT2D eigenvalue weighted by atomic mass is 9.67. The van der Waals surface area contributed by atoms with Gasteiger partial charge in [0, 0.05) is 43.5 Å². The van der Waals surface area contributed by atoms with Crippen LogP contribution >= 0.6 is 0 Å². The molecule has 2 fully saturated rings. The smallest absolute Gasteiger partial charge is 0.228 e. The molecular formula is C29H35N3O4. The number of nitrogens with two attached hydrogens (primary N) is 1. The number of rotatable bonds is 6. The maximum Gasteiger partial charge on any atom is 0.228 e. The molecule has 190 valence electrons. The van der Waals surface area contributed by atoms with E-state index in [0.717, 1.165) is 42.6 Å². The molecule has 5 rings (SSSR count). The van der Waals surface area contributed by atoms with Crippen molar-refractivity contribution < 1.29 is 19.1 Å². The molecule has 2 aromatic carbocycles. The summed E-state index contributed by atoms with van der Waals surface area (Å²) in [6, 6.07) is 15.5. The van der Waals surface area contributed by atoms with Crippen LogP contribution in [0.4, 0.5) is 5.69 Å². The van der Waals surface area contributed by atoms with Gasteiger partial charge in [-0.05, 0) is 67.9 Å². The van der Waals surface area contributed by atoms with E-state index in [9.17, 15) is 14.4 Å². The highest BCUT2D eigenvalue weighted by molar-refractivity contribution is 5.92. The molecule has 2 atom stereocenters. The van der Waals surface area contributed by atoms with Crippen LogP contribution in [0.5, 0.6) is 5.75 Å². The first-order chi connectivity index (χ1) is 17.2. The highest BCUT2D eigenvalue weighted by Crippen LogP contribution is 2.61. The minimum Gasteiger partial charge on any atom is -0.493 e. The normalized spacial score (nSPS) is 22.2. The molecule has 7 nitrogen and oxygen atoms in total. The van der Waals surface area contributed by atoms with Crippen LogP contribution < -0.4 is 15.8 Å². The van der Waals surface area contributed by atoms with Crippen LogP contribution in [-0.4, -0.2) is 42.3 Å². The third-order valence-electron chi connectivity index (χ3n) is 8.87. The van der Waals surface area contributed by atoms with Gasteiger partial charge in [-0.25, -0.2) is 0 Å². The van der Waals surface area contributed by atoms with E-state index in [0.29, 0.717) is 31.8 Å². The first-order valence-corrected chi connectivity index (χ1v) is 12.9. The molecule has 0 aromatic heterocycles. The van der Waals surface area contributed by atoms with Crippen molar-refractivity contribution in [3.05, 3.63) is 59.7 Å². The number of ether oxygens (including phenoxy) is 1. The Morgan fingerprint density at radius 2 is 1.75 bits per heavy atom. The van der Waals surface area contributed by atoms with Gasteiger partial charge >= 0.3 is 0 Å². The van der Waals surface area contributed by atoms with Crippen molar-refractivity contribution in [3.63, 3.8) is 0 Å². The Morgan fingerprint density at radius 1 is 1.08 bits per heavy atom. The van der Waals surface area contributed by atoms with Crippen molar-refractivity contribution in [2.45, 2.75) is 57.3 Å². The van der Waals surface area contributed by atoms with Gasteiger partial charge in [0.2, 0.25) is 17.7 Å². The van der Waals surface area contributed by atoms with Crippen LogP contribution in [-0.2, 0) is 19.8 Å². The van der Waals surface area contributed by atoms with Crippen LogP contribution in [0.1, 0.15) is 63.0 Å². The molecule has 3 aliphatic rings.